The second-order valence-corrected chi connectivity index (χ2v) is 6.73. The Balaban J connectivity index is 1.38. The molecule has 3 rings (SSSR count). The van der Waals surface area contributed by atoms with E-state index in [2.05, 4.69) is 31.1 Å². The molecule has 2 heterocycles. The summed E-state index contributed by atoms with van der Waals surface area (Å²) in [7, 11) is 0. The Labute approximate surface area is 144 Å². The lowest BCUT2D eigenvalue weighted by atomic mass is 10.2. The number of hydrogen-bond donors (Lipinski definition) is 2. The average molecular weight is 349 g/mol. The van der Waals surface area contributed by atoms with Gasteiger partial charge in [-0.2, -0.15) is 0 Å². The van der Waals surface area contributed by atoms with Gasteiger partial charge in [-0.15, -0.1) is 8.80 Å². The van der Waals surface area contributed by atoms with Crippen LogP contribution in [-0.4, -0.2) is 47.0 Å². The molecule has 0 saturated carbocycles. The molecule has 2 aliphatic heterocycles. The van der Waals surface area contributed by atoms with Gasteiger partial charge < -0.3 is 15.8 Å². The maximum Gasteiger partial charge on any atom is 0.269 e. The van der Waals surface area contributed by atoms with Gasteiger partial charge >= 0.3 is 0 Å². The zero-order chi connectivity index (χ0) is 16.8. The van der Waals surface area contributed by atoms with Crippen molar-refractivity contribution in [2.75, 3.05) is 26.2 Å². The summed E-state index contributed by atoms with van der Waals surface area (Å²) in [5.41, 5.74) is 6.88. The summed E-state index contributed by atoms with van der Waals surface area (Å²) in [6.45, 7) is 4.61. The van der Waals surface area contributed by atoms with E-state index in [0.717, 1.165) is 18.7 Å². The van der Waals surface area contributed by atoms with Crippen molar-refractivity contribution < 1.29 is 8.95 Å². The van der Waals surface area contributed by atoms with E-state index in [1.54, 1.807) is 0 Å². The van der Waals surface area contributed by atoms with Gasteiger partial charge in [-0.3, -0.25) is 4.90 Å². The first-order chi connectivity index (χ1) is 11.7. The molecule has 0 amide bonds. The van der Waals surface area contributed by atoms with Gasteiger partial charge in [-0.1, -0.05) is 12.1 Å². The van der Waals surface area contributed by atoms with Gasteiger partial charge in [0.05, 0.1) is 6.61 Å². The lowest BCUT2D eigenvalue weighted by Crippen LogP contribution is -2.35. The van der Waals surface area contributed by atoms with E-state index in [1.807, 2.05) is 12.1 Å². The molecule has 0 spiro atoms. The Morgan fingerprint density at radius 2 is 2.12 bits per heavy atom. The van der Waals surface area contributed by atoms with E-state index >= 15 is 0 Å². The molecular weight excluding hydrogens is 326 g/mol. The summed E-state index contributed by atoms with van der Waals surface area (Å²) < 4.78 is 24.3. The van der Waals surface area contributed by atoms with Crippen LogP contribution in [0, 0.1) is 0 Å². The van der Waals surface area contributed by atoms with E-state index in [9.17, 15) is 4.21 Å². The van der Waals surface area contributed by atoms with Gasteiger partial charge in [0.1, 0.15) is 5.75 Å². The third kappa shape index (κ3) is 4.78. The number of ether oxygens (including phenoxy) is 1. The summed E-state index contributed by atoms with van der Waals surface area (Å²) in [5.74, 6) is 1.50. The summed E-state index contributed by atoms with van der Waals surface area (Å²) in [5, 5.41) is 3.02. The first-order valence-electron chi connectivity index (χ1n) is 8.24. The number of nitrogens with zero attached hydrogens (tertiary/aromatic N) is 3. The minimum atomic E-state index is -1.57. The highest BCUT2D eigenvalue weighted by Crippen LogP contribution is 2.17. The second kappa shape index (κ2) is 8.25. The minimum Gasteiger partial charge on any atom is -0.494 e. The zero-order valence-electron chi connectivity index (χ0n) is 13.6. The highest BCUT2D eigenvalue weighted by Gasteiger charge is 2.14. The largest absolute Gasteiger partial charge is 0.494 e. The number of nitrogens with one attached hydrogen (secondary N) is 1. The number of benzene rings is 1. The average Bonchev–Trinajstić information content (AvgIpc) is 3.17. The molecule has 1 aromatic rings. The fourth-order valence-corrected chi connectivity index (χ4v) is 3.41. The lowest BCUT2D eigenvalue weighted by molar-refractivity contribution is 0.308. The lowest BCUT2D eigenvalue weighted by Gasteiger charge is -2.15. The topological polar surface area (TPSA) is 92.3 Å². The molecule has 0 aromatic heterocycles. The van der Waals surface area contributed by atoms with Crippen molar-refractivity contribution in [1.29, 1.82) is 0 Å². The van der Waals surface area contributed by atoms with Crippen LogP contribution in [0.5, 0.6) is 5.75 Å². The quantitative estimate of drug-likeness (QED) is 0.716. The van der Waals surface area contributed by atoms with E-state index in [4.69, 9.17) is 10.5 Å². The van der Waals surface area contributed by atoms with Crippen LogP contribution >= 0.6 is 0 Å². The Morgan fingerprint density at radius 1 is 1.29 bits per heavy atom. The van der Waals surface area contributed by atoms with Crippen molar-refractivity contribution in [3.8, 4) is 5.75 Å². The van der Waals surface area contributed by atoms with Crippen LogP contribution < -0.4 is 15.8 Å². The fourth-order valence-electron chi connectivity index (χ4n) is 2.80. The number of amidine groups is 2. The molecule has 3 N–H and O–H groups in total. The van der Waals surface area contributed by atoms with Gasteiger partial charge in [-0.25, -0.2) is 4.21 Å². The maximum absolute atomic E-state index is 11.1. The van der Waals surface area contributed by atoms with Gasteiger partial charge in [-0.05, 0) is 50.0 Å². The monoisotopic (exact) mass is 349 g/mol. The first kappa shape index (κ1) is 16.9. The predicted octanol–water partition coefficient (Wildman–Crippen LogP) is 0.989. The fraction of sp³-hybridized carbons (Fsp3) is 0.500. The highest BCUT2D eigenvalue weighted by atomic mass is 32.2. The molecule has 1 fully saturated rings. The molecule has 7 nitrogen and oxygen atoms in total. The number of hydrogen-bond acceptors (Lipinski definition) is 5. The Bertz CT molecular complexity index is 656. The van der Waals surface area contributed by atoms with Crippen molar-refractivity contribution in [1.82, 2.24) is 10.2 Å². The molecule has 8 heteroatoms. The smallest absolute Gasteiger partial charge is 0.269 e. The normalized spacial score (nSPS) is 20.8. The van der Waals surface area contributed by atoms with Crippen molar-refractivity contribution in [3.63, 3.8) is 0 Å². The highest BCUT2D eigenvalue weighted by molar-refractivity contribution is 7.83. The van der Waals surface area contributed by atoms with Gasteiger partial charge in [0.2, 0.25) is 0 Å². The van der Waals surface area contributed by atoms with Crippen molar-refractivity contribution in [2.45, 2.75) is 25.8 Å². The van der Waals surface area contributed by atoms with Crippen LogP contribution in [0.3, 0.4) is 0 Å². The summed E-state index contributed by atoms with van der Waals surface area (Å²) in [6.07, 6.45) is 3.39. The third-order valence-electron chi connectivity index (χ3n) is 3.97. The van der Waals surface area contributed by atoms with Crippen molar-refractivity contribution in [2.24, 2.45) is 14.5 Å². The van der Waals surface area contributed by atoms with Crippen LogP contribution in [0.2, 0.25) is 0 Å². The number of nitrogens with two attached hydrogens (primary N) is 1. The molecule has 0 bridgehead atoms. The molecule has 1 atom stereocenters. The van der Waals surface area contributed by atoms with E-state index < -0.39 is 11.2 Å². The Morgan fingerprint density at radius 3 is 2.88 bits per heavy atom. The van der Waals surface area contributed by atoms with Crippen LogP contribution in [0.15, 0.2) is 33.1 Å². The standard InChI is InChI=1S/C16H23N5O2S/c17-15-16(20-24(22)19-15)18-7-4-10-23-14-6-3-5-13(11-14)12-21-8-1-2-9-21/h3,5-6,11H,1-2,4,7-10,12H2,(H2,17,19)(H,18,20). The van der Waals surface area contributed by atoms with Crippen LogP contribution in [0.1, 0.15) is 24.8 Å². The summed E-state index contributed by atoms with van der Waals surface area (Å²) >= 11 is -1.57. The van der Waals surface area contributed by atoms with Gasteiger partial charge in [0, 0.05) is 13.1 Å². The van der Waals surface area contributed by atoms with E-state index in [1.165, 1.54) is 31.5 Å². The van der Waals surface area contributed by atoms with E-state index in [0.29, 0.717) is 19.0 Å². The molecule has 130 valence electrons. The summed E-state index contributed by atoms with van der Waals surface area (Å²) in [6, 6.07) is 8.28. The first-order valence-corrected chi connectivity index (χ1v) is 9.30. The van der Waals surface area contributed by atoms with E-state index in [-0.39, 0.29) is 5.84 Å². The van der Waals surface area contributed by atoms with Gasteiger partial charge in [0.25, 0.3) is 11.2 Å². The Hall–Kier alpha value is -1.93. The van der Waals surface area contributed by atoms with Crippen molar-refractivity contribution in [3.05, 3.63) is 29.8 Å². The predicted molar refractivity (Wildman–Crippen MR) is 96.3 cm³/mol. The van der Waals surface area contributed by atoms with Gasteiger partial charge in [0.15, 0.2) is 11.7 Å². The summed E-state index contributed by atoms with van der Waals surface area (Å²) in [4.78, 5) is 2.47. The zero-order valence-corrected chi connectivity index (χ0v) is 14.4. The molecule has 0 radical (unpaired) electrons. The molecule has 1 aromatic carbocycles. The molecule has 2 aliphatic rings. The number of rotatable bonds is 7. The SMILES string of the molecule is NC1=NS(=O)N=C1NCCCOc1cccc(CN2CCCC2)c1. The molecule has 1 saturated heterocycles. The molecule has 0 aliphatic carbocycles. The Kier molecular flexibility index (Phi) is 5.81. The molecule has 1 unspecified atom stereocenters. The van der Waals surface area contributed by atoms with Crippen LogP contribution in [-0.2, 0) is 17.7 Å². The number of likely N-dealkylation sites (tertiary alicyclic amines) is 1. The third-order valence-corrected chi connectivity index (χ3v) is 4.67. The maximum atomic E-state index is 11.1. The second-order valence-electron chi connectivity index (χ2n) is 5.91. The molecular formula is C16H23N5O2S. The van der Waals surface area contributed by atoms with Crippen LogP contribution in [0.4, 0.5) is 0 Å². The minimum absolute atomic E-state index is 0.198. The molecule has 24 heavy (non-hydrogen) atoms. The van der Waals surface area contributed by atoms with Crippen LogP contribution in [0.25, 0.3) is 0 Å². The van der Waals surface area contributed by atoms with Crippen molar-refractivity contribution >= 4 is 22.8 Å².